The smallest absolute Gasteiger partial charge is 0.0460 e. The fraction of sp³-hybridized carbons (Fsp3) is 0.429. The van der Waals surface area contributed by atoms with Crippen molar-refractivity contribution in [2.24, 2.45) is 11.7 Å². The molecule has 1 heterocycles. The lowest BCUT2D eigenvalue weighted by Gasteiger charge is -2.27. The van der Waals surface area contributed by atoms with Crippen molar-refractivity contribution in [3.8, 4) is 0 Å². The SMILES string of the molecule is CNCC1Cc2c([nH]c3ccc(Br)cc23)C(N)C1. The number of aromatic nitrogens is 1. The zero-order valence-electron chi connectivity index (χ0n) is 10.5. The van der Waals surface area contributed by atoms with Gasteiger partial charge in [0.1, 0.15) is 0 Å². The molecule has 1 aromatic carbocycles. The Morgan fingerprint density at radius 1 is 1.50 bits per heavy atom. The molecule has 1 aromatic heterocycles. The molecule has 0 amide bonds. The van der Waals surface area contributed by atoms with Crippen LogP contribution in [0.15, 0.2) is 22.7 Å². The van der Waals surface area contributed by atoms with Crippen molar-refractivity contribution in [2.75, 3.05) is 13.6 Å². The Morgan fingerprint density at radius 3 is 3.11 bits per heavy atom. The molecule has 2 aromatic rings. The van der Waals surface area contributed by atoms with Crippen LogP contribution < -0.4 is 11.1 Å². The van der Waals surface area contributed by atoms with E-state index >= 15 is 0 Å². The van der Waals surface area contributed by atoms with Crippen molar-refractivity contribution in [2.45, 2.75) is 18.9 Å². The highest BCUT2D eigenvalue weighted by Gasteiger charge is 2.27. The van der Waals surface area contributed by atoms with E-state index in [2.05, 4.69) is 44.4 Å². The van der Waals surface area contributed by atoms with E-state index in [1.807, 2.05) is 7.05 Å². The highest BCUT2D eigenvalue weighted by molar-refractivity contribution is 9.10. The summed E-state index contributed by atoms with van der Waals surface area (Å²) in [5.74, 6) is 0.635. The van der Waals surface area contributed by atoms with Crippen LogP contribution in [-0.2, 0) is 6.42 Å². The molecule has 4 N–H and O–H groups in total. The van der Waals surface area contributed by atoms with Crippen LogP contribution in [0.25, 0.3) is 10.9 Å². The Bertz CT molecular complexity index is 576. The van der Waals surface area contributed by atoms with Crippen molar-refractivity contribution in [1.82, 2.24) is 10.3 Å². The first-order chi connectivity index (χ1) is 8.69. The van der Waals surface area contributed by atoms with Crippen LogP contribution in [0, 0.1) is 5.92 Å². The molecule has 2 unspecified atom stereocenters. The number of nitrogens with one attached hydrogen (secondary N) is 2. The molecule has 2 atom stereocenters. The number of halogens is 1. The van der Waals surface area contributed by atoms with Crippen LogP contribution in [-0.4, -0.2) is 18.6 Å². The Labute approximate surface area is 115 Å². The van der Waals surface area contributed by atoms with E-state index in [0.29, 0.717) is 5.92 Å². The predicted molar refractivity (Wildman–Crippen MR) is 78.7 cm³/mol. The minimum absolute atomic E-state index is 0.137. The van der Waals surface area contributed by atoms with Gasteiger partial charge in [0.15, 0.2) is 0 Å². The van der Waals surface area contributed by atoms with Gasteiger partial charge in [-0.1, -0.05) is 15.9 Å². The van der Waals surface area contributed by atoms with E-state index in [0.717, 1.165) is 23.9 Å². The third-order valence-corrected chi connectivity index (χ3v) is 4.34. The molecular weight excluding hydrogens is 290 g/mol. The summed E-state index contributed by atoms with van der Waals surface area (Å²) in [5, 5.41) is 4.58. The van der Waals surface area contributed by atoms with Gasteiger partial charge < -0.3 is 16.0 Å². The first-order valence-corrected chi connectivity index (χ1v) is 7.18. The molecule has 96 valence electrons. The van der Waals surface area contributed by atoms with Gasteiger partial charge in [-0.2, -0.15) is 0 Å². The van der Waals surface area contributed by atoms with Crippen molar-refractivity contribution >= 4 is 26.8 Å². The van der Waals surface area contributed by atoms with Crippen LogP contribution in [0.4, 0.5) is 0 Å². The van der Waals surface area contributed by atoms with Crippen molar-refractivity contribution in [3.63, 3.8) is 0 Å². The lowest BCUT2D eigenvalue weighted by molar-refractivity contribution is 0.393. The molecule has 3 rings (SSSR count). The fourth-order valence-electron chi connectivity index (χ4n) is 3.07. The Balaban J connectivity index is 2.09. The van der Waals surface area contributed by atoms with Crippen LogP contribution in [0.1, 0.15) is 23.7 Å². The van der Waals surface area contributed by atoms with Crippen LogP contribution in [0.3, 0.4) is 0 Å². The number of H-pyrrole nitrogens is 1. The summed E-state index contributed by atoms with van der Waals surface area (Å²) in [5.41, 5.74) is 10.1. The number of aromatic amines is 1. The number of nitrogens with two attached hydrogens (primary N) is 1. The molecular formula is C14H18BrN3. The summed E-state index contributed by atoms with van der Waals surface area (Å²) < 4.78 is 1.13. The van der Waals surface area contributed by atoms with Gasteiger partial charge >= 0.3 is 0 Å². The maximum Gasteiger partial charge on any atom is 0.0460 e. The minimum atomic E-state index is 0.137. The van der Waals surface area contributed by atoms with Crippen LogP contribution >= 0.6 is 15.9 Å². The summed E-state index contributed by atoms with van der Waals surface area (Å²) in [7, 11) is 2.01. The number of hydrogen-bond acceptors (Lipinski definition) is 2. The molecule has 1 aliphatic carbocycles. The zero-order valence-corrected chi connectivity index (χ0v) is 12.0. The topological polar surface area (TPSA) is 53.8 Å². The van der Waals surface area contributed by atoms with Gasteiger partial charge in [-0.25, -0.2) is 0 Å². The number of fused-ring (bicyclic) bond motifs is 3. The van der Waals surface area contributed by atoms with Gasteiger partial charge in [0.25, 0.3) is 0 Å². The van der Waals surface area contributed by atoms with Crippen molar-refractivity contribution in [3.05, 3.63) is 33.9 Å². The molecule has 4 heteroatoms. The summed E-state index contributed by atoms with van der Waals surface area (Å²) in [6, 6.07) is 6.52. The number of benzene rings is 1. The Morgan fingerprint density at radius 2 is 2.33 bits per heavy atom. The van der Waals surface area contributed by atoms with Gasteiger partial charge in [-0.05, 0) is 56.1 Å². The standard InChI is InChI=1S/C14H18BrN3/c1-17-7-8-4-11-10-6-9(15)2-3-13(10)18-14(11)12(16)5-8/h2-3,6,8,12,17-18H,4-5,7,16H2,1H3. The fourth-order valence-corrected chi connectivity index (χ4v) is 3.43. The Kier molecular flexibility index (Phi) is 3.18. The molecule has 0 radical (unpaired) electrons. The number of hydrogen-bond donors (Lipinski definition) is 3. The van der Waals surface area contributed by atoms with E-state index in [1.165, 1.54) is 22.2 Å². The van der Waals surface area contributed by atoms with Gasteiger partial charge in [-0.15, -0.1) is 0 Å². The van der Waals surface area contributed by atoms with E-state index in [4.69, 9.17) is 5.73 Å². The van der Waals surface area contributed by atoms with Gasteiger partial charge in [0.05, 0.1) is 0 Å². The second-order valence-corrected chi connectivity index (χ2v) is 6.09. The van der Waals surface area contributed by atoms with Crippen molar-refractivity contribution in [1.29, 1.82) is 0 Å². The lowest BCUT2D eigenvalue weighted by Crippen LogP contribution is -2.29. The first kappa shape index (κ1) is 12.2. The second-order valence-electron chi connectivity index (χ2n) is 5.18. The van der Waals surface area contributed by atoms with E-state index < -0.39 is 0 Å². The quantitative estimate of drug-likeness (QED) is 0.799. The third kappa shape index (κ3) is 1.98. The second kappa shape index (κ2) is 4.68. The van der Waals surface area contributed by atoms with Gasteiger partial charge in [0.2, 0.25) is 0 Å². The third-order valence-electron chi connectivity index (χ3n) is 3.84. The van der Waals surface area contributed by atoms with Crippen molar-refractivity contribution < 1.29 is 0 Å². The highest BCUT2D eigenvalue weighted by atomic mass is 79.9. The monoisotopic (exact) mass is 307 g/mol. The maximum absolute atomic E-state index is 6.30. The van der Waals surface area contributed by atoms with E-state index in [-0.39, 0.29) is 6.04 Å². The normalized spacial score (nSPS) is 23.3. The maximum atomic E-state index is 6.30. The lowest BCUT2D eigenvalue weighted by atomic mass is 9.83. The molecule has 0 saturated heterocycles. The highest BCUT2D eigenvalue weighted by Crippen LogP contribution is 2.36. The predicted octanol–water partition coefficient (Wildman–Crippen LogP) is 2.71. The van der Waals surface area contributed by atoms with Crippen LogP contribution in [0.2, 0.25) is 0 Å². The van der Waals surface area contributed by atoms with Gasteiger partial charge in [0, 0.05) is 27.1 Å². The Hall–Kier alpha value is -0.840. The molecule has 0 aliphatic heterocycles. The molecule has 3 nitrogen and oxygen atoms in total. The average Bonchev–Trinajstić information content (AvgIpc) is 2.69. The molecule has 0 fully saturated rings. The number of rotatable bonds is 2. The largest absolute Gasteiger partial charge is 0.357 e. The summed E-state index contributed by atoms with van der Waals surface area (Å²) in [6.45, 7) is 1.04. The molecule has 0 spiro atoms. The molecule has 18 heavy (non-hydrogen) atoms. The zero-order chi connectivity index (χ0) is 12.7. The first-order valence-electron chi connectivity index (χ1n) is 6.39. The van der Waals surface area contributed by atoms with Crippen LogP contribution in [0.5, 0.6) is 0 Å². The van der Waals surface area contributed by atoms with E-state index in [9.17, 15) is 0 Å². The average molecular weight is 308 g/mol. The van der Waals surface area contributed by atoms with E-state index in [1.54, 1.807) is 0 Å². The molecule has 1 aliphatic rings. The summed E-state index contributed by atoms with van der Waals surface area (Å²) in [6.07, 6.45) is 2.17. The molecule has 0 bridgehead atoms. The van der Waals surface area contributed by atoms with Gasteiger partial charge in [-0.3, -0.25) is 0 Å². The summed E-state index contributed by atoms with van der Waals surface area (Å²) >= 11 is 3.55. The summed E-state index contributed by atoms with van der Waals surface area (Å²) in [4.78, 5) is 3.49. The molecule has 0 saturated carbocycles. The minimum Gasteiger partial charge on any atom is -0.357 e.